The summed E-state index contributed by atoms with van der Waals surface area (Å²) in [6.07, 6.45) is 0.175. The van der Waals surface area contributed by atoms with Crippen LogP contribution in [0.2, 0.25) is 0 Å². The molecular formula is C22H25NO5. The Labute approximate surface area is 164 Å². The smallest absolute Gasteiger partial charge is 0.323 e. The molecule has 1 aliphatic rings. The molecule has 148 valence electrons. The first-order valence-electron chi connectivity index (χ1n) is 9.15. The number of aliphatic carboxylic acids is 1. The number of benzene rings is 2. The molecule has 0 radical (unpaired) electrons. The molecule has 1 unspecified atom stereocenters. The van der Waals surface area contributed by atoms with Crippen molar-refractivity contribution in [1.82, 2.24) is 4.90 Å². The van der Waals surface area contributed by atoms with Crippen molar-refractivity contribution >= 4 is 5.97 Å². The van der Waals surface area contributed by atoms with E-state index in [1.165, 1.54) is 11.9 Å². The van der Waals surface area contributed by atoms with Gasteiger partial charge in [0, 0.05) is 5.92 Å². The Kier molecular flexibility index (Phi) is 6.59. The summed E-state index contributed by atoms with van der Waals surface area (Å²) in [6, 6.07) is 15.2. The monoisotopic (exact) mass is 383 g/mol. The number of carboxylic acids is 1. The van der Waals surface area contributed by atoms with E-state index in [9.17, 15) is 15.0 Å². The zero-order valence-corrected chi connectivity index (χ0v) is 15.8. The molecule has 2 aromatic rings. The highest BCUT2D eigenvalue weighted by atomic mass is 16.6. The van der Waals surface area contributed by atoms with Crippen molar-refractivity contribution in [3.63, 3.8) is 0 Å². The van der Waals surface area contributed by atoms with Crippen molar-refractivity contribution in [2.45, 2.75) is 18.4 Å². The molecule has 2 aromatic carbocycles. The number of hydrogen-bond donors (Lipinski definition) is 2. The van der Waals surface area contributed by atoms with Crippen LogP contribution in [0.4, 0.5) is 0 Å². The van der Waals surface area contributed by atoms with Crippen molar-refractivity contribution in [3.8, 4) is 11.1 Å². The minimum absolute atomic E-state index is 0.0178. The third-order valence-electron chi connectivity index (χ3n) is 5.01. The van der Waals surface area contributed by atoms with Gasteiger partial charge in [-0.2, -0.15) is 0 Å². The van der Waals surface area contributed by atoms with Crippen LogP contribution < -0.4 is 0 Å². The summed E-state index contributed by atoms with van der Waals surface area (Å²) in [6.45, 7) is 3.93. The highest BCUT2D eigenvalue weighted by Gasteiger charge is 2.32. The number of rotatable bonds is 10. The zero-order chi connectivity index (χ0) is 20.1. The zero-order valence-electron chi connectivity index (χ0n) is 15.8. The molecule has 2 N–H and O–H groups in total. The predicted molar refractivity (Wildman–Crippen MR) is 106 cm³/mol. The van der Waals surface area contributed by atoms with Gasteiger partial charge in [-0.1, -0.05) is 54.6 Å². The van der Waals surface area contributed by atoms with Crippen LogP contribution in [0, 0.1) is 0 Å². The van der Waals surface area contributed by atoms with Crippen LogP contribution in [-0.2, 0) is 14.3 Å². The van der Waals surface area contributed by atoms with Crippen LogP contribution in [0.15, 0.2) is 61.2 Å². The van der Waals surface area contributed by atoms with Crippen molar-refractivity contribution in [3.05, 3.63) is 72.3 Å². The molecule has 1 aliphatic carbocycles. The second kappa shape index (κ2) is 9.12. The van der Waals surface area contributed by atoms with Gasteiger partial charge in [0.1, 0.15) is 6.04 Å². The lowest BCUT2D eigenvalue weighted by Crippen LogP contribution is -2.48. The second-order valence-electron chi connectivity index (χ2n) is 6.73. The van der Waals surface area contributed by atoms with E-state index in [2.05, 4.69) is 30.8 Å². The third-order valence-corrected chi connectivity index (χ3v) is 5.01. The number of aliphatic hydroxyl groups is 1. The first kappa shape index (κ1) is 20.2. The average molecular weight is 383 g/mol. The summed E-state index contributed by atoms with van der Waals surface area (Å²) >= 11 is 0. The van der Waals surface area contributed by atoms with Gasteiger partial charge in [-0.15, -0.1) is 6.58 Å². The highest BCUT2D eigenvalue weighted by molar-refractivity contribution is 5.78. The maximum absolute atomic E-state index is 11.5. The largest absolute Gasteiger partial charge is 0.480 e. The van der Waals surface area contributed by atoms with Crippen LogP contribution in [0.5, 0.6) is 0 Å². The molecule has 0 aliphatic heterocycles. The van der Waals surface area contributed by atoms with E-state index in [0.29, 0.717) is 0 Å². The summed E-state index contributed by atoms with van der Waals surface area (Å²) < 4.78 is 10.9. The maximum atomic E-state index is 11.5. The van der Waals surface area contributed by atoms with E-state index in [0.717, 1.165) is 22.3 Å². The second-order valence-corrected chi connectivity index (χ2v) is 6.73. The van der Waals surface area contributed by atoms with E-state index >= 15 is 0 Å². The lowest BCUT2D eigenvalue weighted by Gasteiger charge is -2.29. The van der Waals surface area contributed by atoms with E-state index < -0.39 is 18.4 Å². The van der Waals surface area contributed by atoms with Gasteiger partial charge in [-0.25, -0.2) is 4.90 Å². The van der Waals surface area contributed by atoms with Crippen molar-refractivity contribution < 1.29 is 24.5 Å². The molecule has 2 atom stereocenters. The standard InChI is InChI=1S/C22H25NO5/c1-3-12-27-14-20(21(24)25)23(2)22(26)28-13-19-17-10-6-4-8-15(17)16-9-5-7-11-18(16)19/h3-11,19-20,22,26H,1,12-14H2,2H3,(H,24,25)/t20-,22?/m1/s1. The molecule has 0 saturated heterocycles. The summed E-state index contributed by atoms with van der Waals surface area (Å²) in [5, 5.41) is 19.8. The summed E-state index contributed by atoms with van der Waals surface area (Å²) in [5.74, 6) is -1.11. The fourth-order valence-electron chi connectivity index (χ4n) is 3.52. The van der Waals surface area contributed by atoms with Gasteiger partial charge < -0.3 is 19.7 Å². The number of likely N-dealkylation sites (N-methyl/N-ethyl adjacent to an activating group) is 1. The molecule has 0 fully saturated rings. The Hall–Kier alpha value is -2.51. The van der Waals surface area contributed by atoms with Crippen molar-refractivity contribution in [2.75, 3.05) is 26.9 Å². The Bertz CT molecular complexity index is 792. The Morgan fingerprint density at radius 3 is 2.29 bits per heavy atom. The minimum Gasteiger partial charge on any atom is -0.480 e. The Morgan fingerprint density at radius 1 is 1.18 bits per heavy atom. The van der Waals surface area contributed by atoms with E-state index in [4.69, 9.17) is 9.47 Å². The lowest BCUT2D eigenvalue weighted by atomic mass is 9.98. The van der Waals surface area contributed by atoms with Crippen LogP contribution in [-0.4, -0.2) is 60.4 Å². The molecule has 0 saturated carbocycles. The van der Waals surface area contributed by atoms with Gasteiger partial charge in [0.15, 0.2) is 0 Å². The van der Waals surface area contributed by atoms with E-state index in [-0.39, 0.29) is 25.7 Å². The number of aliphatic hydroxyl groups excluding tert-OH is 1. The molecule has 28 heavy (non-hydrogen) atoms. The molecular weight excluding hydrogens is 358 g/mol. The number of hydrogen-bond acceptors (Lipinski definition) is 5. The topological polar surface area (TPSA) is 79.2 Å². The van der Waals surface area contributed by atoms with Gasteiger partial charge in [0.05, 0.1) is 19.8 Å². The Morgan fingerprint density at radius 2 is 1.75 bits per heavy atom. The first-order valence-corrected chi connectivity index (χ1v) is 9.15. The van der Waals surface area contributed by atoms with Gasteiger partial charge in [-0.3, -0.25) is 4.79 Å². The fourth-order valence-corrected chi connectivity index (χ4v) is 3.52. The van der Waals surface area contributed by atoms with E-state index in [1.807, 2.05) is 24.3 Å². The summed E-state index contributed by atoms with van der Waals surface area (Å²) in [5.41, 5.74) is 4.61. The fraction of sp³-hybridized carbons (Fsp3) is 0.318. The predicted octanol–water partition coefficient (Wildman–Crippen LogP) is 2.68. The van der Waals surface area contributed by atoms with Crippen molar-refractivity contribution in [2.24, 2.45) is 0 Å². The lowest BCUT2D eigenvalue weighted by molar-refractivity contribution is -0.208. The summed E-state index contributed by atoms with van der Waals surface area (Å²) in [7, 11) is 1.50. The van der Waals surface area contributed by atoms with Gasteiger partial charge in [-0.05, 0) is 29.3 Å². The molecule has 0 heterocycles. The number of ether oxygens (including phenoxy) is 2. The van der Waals surface area contributed by atoms with Crippen LogP contribution in [0.1, 0.15) is 17.0 Å². The number of carbonyl (C=O) groups is 1. The third kappa shape index (κ3) is 4.15. The quantitative estimate of drug-likeness (QED) is 0.373. The van der Waals surface area contributed by atoms with Crippen LogP contribution >= 0.6 is 0 Å². The molecule has 0 aromatic heterocycles. The van der Waals surface area contributed by atoms with E-state index in [1.54, 1.807) is 6.08 Å². The average Bonchev–Trinajstić information content (AvgIpc) is 3.02. The van der Waals surface area contributed by atoms with Crippen molar-refractivity contribution in [1.29, 1.82) is 0 Å². The van der Waals surface area contributed by atoms with Gasteiger partial charge in [0.25, 0.3) is 0 Å². The maximum Gasteiger partial charge on any atom is 0.323 e. The number of carboxylic acid groups (broad SMARTS) is 1. The molecule has 0 spiro atoms. The molecule has 0 amide bonds. The van der Waals surface area contributed by atoms with Gasteiger partial charge >= 0.3 is 5.97 Å². The normalized spacial score (nSPS) is 15.1. The summed E-state index contributed by atoms with van der Waals surface area (Å²) in [4.78, 5) is 12.8. The highest BCUT2D eigenvalue weighted by Crippen LogP contribution is 2.44. The van der Waals surface area contributed by atoms with Crippen LogP contribution in [0.3, 0.4) is 0 Å². The first-order chi connectivity index (χ1) is 13.5. The molecule has 0 bridgehead atoms. The molecule has 6 heteroatoms. The molecule has 6 nitrogen and oxygen atoms in total. The SMILES string of the molecule is C=CCOC[C@H](C(=O)O)N(C)C(O)OCC1c2ccccc2-c2ccccc21. The minimum atomic E-state index is -1.37. The molecule has 3 rings (SSSR count). The number of fused-ring (bicyclic) bond motifs is 3. The Balaban J connectivity index is 1.69. The van der Waals surface area contributed by atoms with Gasteiger partial charge in [0.2, 0.25) is 6.41 Å². The van der Waals surface area contributed by atoms with Crippen LogP contribution in [0.25, 0.3) is 11.1 Å². The number of nitrogens with zero attached hydrogens (tertiary/aromatic N) is 1.